The molecule has 0 saturated carbocycles. The summed E-state index contributed by atoms with van der Waals surface area (Å²) in [5.41, 5.74) is 2.18. The number of hydrogen-bond acceptors (Lipinski definition) is 3. The average molecular weight is 356 g/mol. The summed E-state index contributed by atoms with van der Waals surface area (Å²) in [7, 11) is 0. The minimum Gasteiger partial charge on any atom is -0.354 e. The van der Waals surface area contributed by atoms with Crippen molar-refractivity contribution >= 4 is 5.82 Å². The Morgan fingerprint density at radius 3 is 2.69 bits per heavy atom. The van der Waals surface area contributed by atoms with E-state index in [2.05, 4.69) is 52.1 Å². The van der Waals surface area contributed by atoms with Gasteiger partial charge in [-0.15, -0.1) is 0 Å². The Kier molecular flexibility index (Phi) is 6.23. The zero-order valence-electron chi connectivity index (χ0n) is 16.0. The number of rotatable bonds is 7. The first-order chi connectivity index (χ1) is 12.7. The fraction of sp³-hybridized carbons (Fsp3) is 0.545. The lowest BCUT2D eigenvalue weighted by Gasteiger charge is -2.43. The van der Waals surface area contributed by atoms with Gasteiger partial charge in [-0.3, -0.25) is 0 Å². The Morgan fingerprint density at radius 1 is 1.15 bits per heavy atom. The third-order valence-electron chi connectivity index (χ3n) is 5.90. The van der Waals surface area contributed by atoms with E-state index in [1.807, 2.05) is 6.92 Å². The number of halogens is 1. The number of benzene rings is 1. The molecule has 1 aliphatic heterocycles. The van der Waals surface area contributed by atoms with E-state index in [0.29, 0.717) is 17.9 Å². The molecule has 1 aliphatic rings. The van der Waals surface area contributed by atoms with Crippen molar-refractivity contribution in [3.05, 3.63) is 53.7 Å². The highest BCUT2D eigenvalue weighted by Crippen LogP contribution is 2.39. The van der Waals surface area contributed by atoms with Gasteiger partial charge < -0.3 is 4.90 Å². The Labute approximate surface area is 156 Å². The van der Waals surface area contributed by atoms with Crippen molar-refractivity contribution in [2.24, 2.45) is 5.41 Å². The van der Waals surface area contributed by atoms with E-state index >= 15 is 0 Å². The molecule has 3 nitrogen and oxygen atoms in total. The standard InChI is InChI=1S/C22H30FN3/c1-3-19-20(23)21(25-17-24-19)26-15-9-14-22(4-2,16-26)13-8-12-18-10-6-5-7-11-18/h5-7,10-11,17H,3-4,8-9,12-16H2,1-2H3. The van der Waals surface area contributed by atoms with Gasteiger partial charge in [-0.1, -0.05) is 44.2 Å². The maximum atomic E-state index is 14.7. The largest absolute Gasteiger partial charge is 0.354 e. The van der Waals surface area contributed by atoms with Crippen molar-refractivity contribution in [2.45, 2.75) is 58.8 Å². The van der Waals surface area contributed by atoms with Crippen LogP contribution in [0, 0.1) is 11.2 Å². The summed E-state index contributed by atoms with van der Waals surface area (Å²) in [6.07, 6.45) is 9.04. The van der Waals surface area contributed by atoms with E-state index in [4.69, 9.17) is 0 Å². The first kappa shape index (κ1) is 18.8. The van der Waals surface area contributed by atoms with Crippen molar-refractivity contribution < 1.29 is 4.39 Å². The smallest absolute Gasteiger partial charge is 0.187 e. The van der Waals surface area contributed by atoms with Crippen molar-refractivity contribution in [2.75, 3.05) is 18.0 Å². The summed E-state index contributed by atoms with van der Waals surface area (Å²) in [5, 5.41) is 0. The summed E-state index contributed by atoms with van der Waals surface area (Å²) in [6, 6.07) is 10.7. The number of aromatic nitrogens is 2. The van der Waals surface area contributed by atoms with E-state index in [1.54, 1.807) is 0 Å². The Bertz CT molecular complexity index is 704. The average Bonchev–Trinajstić information content (AvgIpc) is 2.69. The normalized spacial score (nSPS) is 20.3. The number of hydrogen-bond donors (Lipinski definition) is 0. The minimum absolute atomic E-state index is 0.230. The Balaban J connectivity index is 1.68. The van der Waals surface area contributed by atoms with Crippen LogP contribution in [0.5, 0.6) is 0 Å². The van der Waals surface area contributed by atoms with Crippen LogP contribution in [-0.4, -0.2) is 23.1 Å². The molecule has 1 aromatic heterocycles. The van der Waals surface area contributed by atoms with Crippen LogP contribution in [0.25, 0.3) is 0 Å². The van der Waals surface area contributed by atoms with E-state index < -0.39 is 0 Å². The summed E-state index contributed by atoms with van der Waals surface area (Å²) in [6.45, 7) is 6.00. The lowest BCUT2D eigenvalue weighted by atomic mass is 9.73. The molecule has 3 rings (SSSR count). The van der Waals surface area contributed by atoms with Gasteiger partial charge >= 0.3 is 0 Å². The topological polar surface area (TPSA) is 29.0 Å². The van der Waals surface area contributed by atoms with Gasteiger partial charge in [0, 0.05) is 13.1 Å². The van der Waals surface area contributed by atoms with Crippen molar-refractivity contribution in [3.8, 4) is 0 Å². The van der Waals surface area contributed by atoms with Crippen LogP contribution in [0.15, 0.2) is 36.7 Å². The van der Waals surface area contributed by atoms with Crippen LogP contribution in [0.4, 0.5) is 10.2 Å². The predicted molar refractivity (Wildman–Crippen MR) is 105 cm³/mol. The Hall–Kier alpha value is -1.97. The number of aryl methyl sites for hydroxylation is 2. The zero-order chi connectivity index (χ0) is 18.4. The van der Waals surface area contributed by atoms with E-state index in [-0.39, 0.29) is 11.2 Å². The third kappa shape index (κ3) is 4.22. The van der Waals surface area contributed by atoms with Crippen molar-refractivity contribution in [1.29, 1.82) is 0 Å². The van der Waals surface area contributed by atoms with Gasteiger partial charge in [0.05, 0.1) is 5.69 Å². The van der Waals surface area contributed by atoms with Gasteiger partial charge in [0.1, 0.15) is 6.33 Å². The lowest BCUT2D eigenvalue weighted by Crippen LogP contribution is -2.44. The molecule has 0 N–H and O–H groups in total. The van der Waals surface area contributed by atoms with Crippen LogP contribution in [0.3, 0.4) is 0 Å². The first-order valence-corrected chi connectivity index (χ1v) is 9.95. The highest BCUT2D eigenvalue weighted by atomic mass is 19.1. The molecule has 0 spiro atoms. The molecule has 1 saturated heterocycles. The molecule has 1 atom stereocenters. The van der Waals surface area contributed by atoms with E-state index in [1.165, 1.54) is 31.2 Å². The van der Waals surface area contributed by atoms with Crippen molar-refractivity contribution in [1.82, 2.24) is 9.97 Å². The van der Waals surface area contributed by atoms with E-state index in [0.717, 1.165) is 32.4 Å². The molecule has 26 heavy (non-hydrogen) atoms. The molecule has 140 valence electrons. The summed E-state index contributed by atoms with van der Waals surface area (Å²) >= 11 is 0. The maximum Gasteiger partial charge on any atom is 0.187 e. The predicted octanol–water partition coefficient (Wildman–Crippen LogP) is 5.20. The Morgan fingerprint density at radius 2 is 1.96 bits per heavy atom. The summed E-state index contributed by atoms with van der Waals surface area (Å²) < 4.78 is 14.7. The molecular weight excluding hydrogens is 325 g/mol. The molecule has 1 fully saturated rings. The number of nitrogens with zero attached hydrogens (tertiary/aromatic N) is 3. The molecule has 2 aromatic rings. The van der Waals surface area contributed by atoms with Crippen LogP contribution < -0.4 is 4.90 Å². The highest BCUT2D eigenvalue weighted by Gasteiger charge is 2.35. The third-order valence-corrected chi connectivity index (χ3v) is 5.90. The zero-order valence-corrected chi connectivity index (χ0v) is 16.0. The molecule has 0 aliphatic carbocycles. The van der Waals surface area contributed by atoms with Gasteiger partial charge in [-0.2, -0.15) is 0 Å². The summed E-state index contributed by atoms with van der Waals surface area (Å²) in [5.74, 6) is 0.267. The molecule has 2 heterocycles. The SMILES string of the molecule is CCc1ncnc(N2CCCC(CC)(CCCc3ccccc3)C2)c1F. The second-order valence-corrected chi connectivity index (χ2v) is 7.53. The molecule has 0 bridgehead atoms. The number of anilines is 1. The molecular formula is C22H30FN3. The van der Waals surface area contributed by atoms with E-state index in [9.17, 15) is 4.39 Å². The molecule has 1 aromatic carbocycles. The van der Waals surface area contributed by atoms with Gasteiger partial charge in [-0.05, 0) is 55.9 Å². The summed E-state index contributed by atoms with van der Waals surface area (Å²) in [4.78, 5) is 10.5. The fourth-order valence-corrected chi connectivity index (χ4v) is 4.23. The fourth-order valence-electron chi connectivity index (χ4n) is 4.23. The van der Waals surface area contributed by atoms with Gasteiger partial charge in [-0.25, -0.2) is 14.4 Å². The number of piperidine rings is 1. The lowest BCUT2D eigenvalue weighted by molar-refractivity contribution is 0.197. The van der Waals surface area contributed by atoms with Crippen LogP contribution in [-0.2, 0) is 12.8 Å². The second kappa shape index (κ2) is 8.61. The molecule has 4 heteroatoms. The van der Waals surface area contributed by atoms with Gasteiger partial charge in [0.15, 0.2) is 11.6 Å². The van der Waals surface area contributed by atoms with Gasteiger partial charge in [0.25, 0.3) is 0 Å². The monoisotopic (exact) mass is 355 g/mol. The minimum atomic E-state index is -0.230. The first-order valence-electron chi connectivity index (χ1n) is 9.95. The molecule has 0 radical (unpaired) electrons. The quantitative estimate of drug-likeness (QED) is 0.684. The highest BCUT2D eigenvalue weighted by molar-refractivity contribution is 5.42. The van der Waals surface area contributed by atoms with Crippen LogP contribution >= 0.6 is 0 Å². The molecule has 1 unspecified atom stereocenters. The second-order valence-electron chi connectivity index (χ2n) is 7.53. The maximum absolute atomic E-state index is 14.7. The van der Waals surface area contributed by atoms with Crippen molar-refractivity contribution in [3.63, 3.8) is 0 Å². The van der Waals surface area contributed by atoms with Crippen LogP contribution in [0.1, 0.15) is 57.2 Å². The molecule has 0 amide bonds. The van der Waals surface area contributed by atoms with Crippen LogP contribution in [0.2, 0.25) is 0 Å². The van der Waals surface area contributed by atoms with Gasteiger partial charge in [0.2, 0.25) is 0 Å².